The maximum Gasteiger partial charge on any atom is 0.269 e. The zero-order valence-corrected chi connectivity index (χ0v) is 8.35. The SMILES string of the molecule is Cc1[nH]cc(C(F)F)c(=O)c1I. The summed E-state index contributed by atoms with van der Waals surface area (Å²) in [5, 5.41) is 0. The standard InChI is InChI=1S/C7H6F2INO/c1-3-5(10)6(12)4(2-11-3)7(8)9/h2,7H,1H3,(H,11,12). The molecule has 0 bridgehead atoms. The van der Waals surface area contributed by atoms with Crippen molar-refractivity contribution in [2.24, 2.45) is 0 Å². The minimum absolute atomic E-state index is 0.324. The van der Waals surface area contributed by atoms with Crippen LogP contribution in [0.4, 0.5) is 8.78 Å². The van der Waals surface area contributed by atoms with Gasteiger partial charge in [-0.2, -0.15) is 0 Å². The lowest BCUT2D eigenvalue weighted by atomic mass is 10.2. The minimum atomic E-state index is -2.71. The van der Waals surface area contributed by atoms with Crippen LogP contribution in [0.3, 0.4) is 0 Å². The molecule has 1 N–H and O–H groups in total. The molecule has 0 atom stereocenters. The first kappa shape index (κ1) is 9.63. The molecule has 0 aromatic carbocycles. The topological polar surface area (TPSA) is 32.9 Å². The van der Waals surface area contributed by atoms with Gasteiger partial charge in [-0.25, -0.2) is 8.78 Å². The monoisotopic (exact) mass is 285 g/mol. The Morgan fingerprint density at radius 1 is 1.58 bits per heavy atom. The van der Waals surface area contributed by atoms with Crippen LogP contribution in [0, 0.1) is 10.5 Å². The molecule has 5 heteroatoms. The third-order valence-corrected chi connectivity index (χ3v) is 2.77. The Balaban J connectivity index is 3.37. The molecule has 0 fully saturated rings. The Morgan fingerprint density at radius 2 is 2.17 bits per heavy atom. The smallest absolute Gasteiger partial charge is 0.269 e. The van der Waals surface area contributed by atoms with Gasteiger partial charge < -0.3 is 4.98 Å². The third-order valence-electron chi connectivity index (χ3n) is 1.47. The maximum atomic E-state index is 12.1. The van der Waals surface area contributed by atoms with Crippen LogP contribution >= 0.6 is 22.6 Å². The number of aromatic amines is 1. The highest BCUT2D eigenvalue weighted by Gasteiger charge is 2.14. The molecule has 1 aromatic heterocycles. The van der Waals surface area contributed by atoms with E-state index >= 15 is 0 Å². The zero-order chi connectivity index (χ0) is 9.30. The molecule has 12 heavy (non-hydrogen) atoms. The molecule has 1 heterocycles. The minimum Gasteiger partial charge on any atom is -0.364 e. The highest BCUT2D eigenvalue weighted by Crippen LogP contribution is 2.15. The molecule has 0 saturated heterocycles. The largest absolute Gasteiger partial charge is 0.364 e. The number of rotatable bonds is 1. The second kappa shape index (κ2) is 3.51. The molecule has 0 amide bonds. The molecule has 0 saturated carbocycles. The molecule has 0 radical (unpaired) electrons. The second-order valence-corrected chi connectivity index (χ2v) is 3.39. The lowest BCUT2D eigenvalue weighted by Crippen LogP contribution is -2.14. The fraction of sp³-hybridized carbons (Fsp3) is 0.286. The molecule has 2 nitrogen and oxygen atoms in total. The average Bonchev–Trinajstić information content (AvgIpc) is 2.00. The molecular formula is C7H6F2INO. The van der Waals surface area contributed by atoms with E-state index in [0.29, 0.717) is 9.26 Å². The Kier molecular flexibility index (Phi) is 2.81. The van der Waals surface area contributed by atoms with Crippen molar-refractivity contribution in [2.45, 2.75) is 13.3 Å². The van der Waals surface area contributed by atoms with Gasteiger partial charge in [0.1, 0.15) is 0 Å². The van der Waals surface area contributed by atoms with Crippen LogP contribution in [-0.4, -0.2) is 4.98 Å². The van der Waals surface area contributed by atoms with Crippen molar-refractivity contribution >= 4 is 22.6 Å². The van der Waals surface area contributed by atoms with Crippen molar-refractivity contribution in [1.82, 2.24) is 4.98 Å². The van der Waals surface area contributed by atoms with Crippen LogP contribution in [-0.2, 0) is 0 Å². The van der Waals surface area contributed by atoms with Gasteiger partial charge in [-0.3, -0.25) is 4.79 Å². The van der Waals surface area contributed by atoms with Crippen LogP contribution in [0.2, 0.25) is 0 Å². The fourth-order valence-electron chi connectivity index (χ4n) is 0.774. The number of hydrogen-bond acceptors (Lipinski definition) is 1. The molecule has 1 rings (SSSR count). The van der Waals surface area contributed by atoms with E-state index in [0.717, 1.165) is 6.20 Å². The summed E-state index contributed by atoms with van der Waals surface area (Å²) >= 11 is 1.75. The third kappa shape index (κ3) is 1.65. The summed E-state index contributed by atoms with van der Waals surface area (Å²) in [6.07, 6.45) is -1.65. The van der Waals surface area contributed by atoms with Crippen molar-refractivity contribution in [1.29, 1.82) is 0 Å². The summed E-state index contributed by atoms with van der Waals surface area (Å²) < 4.78 is 24.6. The fourth-order valence-corrected chi connectivity index (χ4v) is 1.24. The van der Waals surface area contributed by atoms with Crippen LogP contribution in [0.15, 0.2) is 11.0 Å². The first-order valence-corrected chi connectivity index (χ1v) is 4.27. The number of hydrogen-bond donors (Lipinski definition) is 1. The van der Waals surface area contributed by atoms with E-state index in [4.69, 9.17) is 0 Å². The average molecular weight is 285 g/mol. The van der Waals surface area contributed by atoms with E-state index in [9.17, 15) is 13.6 Å². The van der Waals surface area contributed by atoms with Gasteiger partial charge in [-0.1, -0.05) is 0 Å². The van der Waals surface area contributed by atoms with Gasteiger partial charge >= 0.3 is 0 Å². The highest BCUT2D eigenvalue weighted by molar-refractivity contribution is 14.1. The van der Waals surface area contributed by atoms with Crippen LogP contribution < -0.4 is 5.43 Å². The van der Waals surface area contributed by atoms with Gasteiger partial charge in [0.05, 0.1) is 9.13 Å². The summed E-state index contributed by atoms with van der Waals surface area (Å²) in [7, 11) is 0. The van der Waals surface area contributed by atoms with Gasteiger partial charge in [0.25, 0.3) is 6.43 Å². The summed E-state index contributed by atoms with van der Waals surface area (Å²) in [6, 6.07) is 0. The first-order chi connectivity index (χ1) is 5.54. The van der Waals surface area contributed by atoms with E-state index in [1.807, 2.05) is 0 Å². The number of pyridine rings is 1. The van der Waals surface area contributed by atoms with Crippen molar-refractivity contribution in [2.75, 3.05) is 0 Å². The molecule has 1 aromatic rings. The molecule has 0 unspecified atom stereocenters. The zero-order valence-electron chi connectivity index (χ0n) is 6.20. The molecular weight excluding hydrogens is 279 g/mol. The van der Waals surface area contributed by atoms with Gasteiger partial charge in [-0.15, -0.1) is 0 Å². The Hall–Kier alpha value is -0.460. The summed E-state index contributed by atoms with van der Waals surface area (Å²) in [6.45, 7) is 1.67. The quantitative estimate of drug-likeness (QED) is 0.788. The lowest BCUT2D eigenvalue weighted by Gasteiger charge is -2.01. The summed E-state index contributed by atoms with van der Waals surface area (Å²) in [5.41, 5.74) is -0.433. The number of aromatic nitrogens is 1. The maximum absolute atomic E-state index is 12.1. The van der Waals surface area contributed by atoms with Gasteiger partial charge in [0.15, 0.2) is 0 Å². The van der Waals surface area contributed by atoms with Crippen LogP contribution in [0.25, 0.3) is 0 Å². The Morgan fingerprint density at radius 3 is 2.67 bits per heavy atom. The molecule has 0 aliphatic heterocycles. The van der Waals surface area contributed by atoms with Crippen molar-refractivity contribution < 1.29 is 8.78 Å². The van der Waals surface area contributed by atoms with Gasteiger partial charge in [0, 0.05) is 11.9 Å². The van der Waals surface area contributed by atoms with Crippen molar-refractivity contribution in [3.05, 3.63) is 31.2 Å². The van der Waals surface area contributed by atoms with Crippen LogP contribution in [0.5, 0.6) is 0 Å². The lowest BCUT2D eigenvalue weighted by molar-refractivity contribution is 0.149. The van der Waals surface area contributed by atoms with Gasteiger partial charge in [-0.05, 0) is 29.5 Å². The number of alkyl halides is 2. The Labute approximate surface area is 81.1 Å². The summed E-state index contributed by atoms with van der Waals surface area (Å²) in [5.74, 6) is 0. The highest BCUT2D eigenvalue weighted by atomic mass is 127. The van der Waals surface area contributed by atoms with E-state index in [1.54, 1.807) is 29.5 Å². The number of halogens is 3. The molecule has 0 aliphatic rings. The van der Waals surface area contributed by atoms with E-state index in [1.165, 1.54) is 0 Å². The number of nitrogens with one attached hydrogen (secondary N) is 1. The number of H-pyrrole nitrogens is 1. The van der Waals surface area contributed by atoms with Crippen molar-refractivity contribution in [3.8, 4) is 0 Å². The molecule has 66 valence electrons. The molecule has 0 aliphatic carbocycles. The van der Waals surface area contributed by atoms with Crippen molar-refractivity contribution in [3.63, 3.8) is 0 Å². The second-order valence-electron chi connectivity index (χ2n) is 2.31. The predicted molar refractivity (Wildman–Crippen MR) is 49.5 cm³/mol. The summed E-state index contributed by atoms with van der Waals surface area (Å²) in [4.78, 5) is 13.7. The van der Waals surface area contributed by atoms with E-state index in [2.05, 4.69) is 4.98 Å². The molecule has 0 spiro atoms. The normalized spacial score (nSPS) is 10.8. The Bertz CT molecular complexity index is 348. The number of aryl methyl sites for hydroxylation is 1. The predicted octanol–water partition coefficient (Wildman–Crippen LogP) is 2.23. The van der Waals surface area contributed by atoms with E-state index < -0.39 is 17.4 Å². The van der Waals surface area contributed by atoms with Crippen LogP contribution in [0.1, 0.15) is 17.7 Å². The van der Waals surface area contributed by atoms with E-state index in [-0.39, 0.29) is 0 Å². The first-order valence-electron chi connectivity index (χ1n) is 3.20. The van der Waals surface area contributed by atoms with Gasteiger partial charge in [0.2, 0.25) is 5.43 Å².